The lowest BCUT2D eigenvalue weighted by atomic mass is 10.0. The molecule has 23 heavy (non-hydrogen) atoms. The average molecular weight is 353 g/mol. The molecule has 8 heteroatoms. The number of amides is 1. The third-order valence-electron chi connectivity index (χ3n) is 3.75. The molecule has 1 fully saturated rings. The first-order valence-electron chi connectivity index (χ1n) is 7.15. The SMILES string of the molecule is CC(NC(=O)[C@@H]1CC[C@H](CN)O1)c1ccccc1C(F)(F)F.Cl. The van der Waals surface area contributed by atoms with E-state index in [0.29, 0.717) is 19.4 Å². The number of nitrogens with one attached hydrogen (secondary N) is 1. The van der Waals surface area contributed by atoms with Crippen molar-refractivity contribution in [2.75, 3.05) is 6.54 Å². The van der Waals surface area contributed by atoms with Crippen molar-refractivity contribution in [1.82, 2.24) is 5.32 Å². The topological polar surface area (TPSA) is 64.4 Å². The molecule has 1 heterocycles. The van der Waals surface area contributed by atoms with Crippen LogP contribution in [-0.2, 0) is 15.7 Å². The maximum absolute atomic E-state index is 13.0. The highest BCUT2D eigenvalue weighted by atomic mass is 35.5. The van der Waals surface area contributed by atoms with Crippen molar-refractivity contribution < 1.29 is 22.7 Å². The molecule has 4 nitrogen and oxygen atoms in total. The number of halogens is 4. The van der Waals surface area contributed by atoms with Gasteiger partial charge < -0.3 is 15.8 Å². The number of carbonyl (C=O) groups is 1. The molecule has 1 aromatic rings. The minimum Gasteiger partial charge on any atom is -0.364 e. The van der Waals surface area contributed by atoms with E-state index >= 15 is 0 Å². The summed E-state index contributed by atoms with van der Waals surface area (Å²) in [6, 6.07) is 4.46. The van der Waals surface area contributed by atoms with Crippen molar-refractivity contribution in [2.45, 2.75) is 44.2 Å². The van der Waals surface area contributed by atoms with Crippen LogP contribution in [-0.4, -0.2) is 24.7 Å². The van der Waals surface area contributed by atoms with E-state index in [1.807, 2.05) is 0 Å². The third kappa shape index (κ3) is 4.83. The smallest absolute Gasteiger partial charge is 0.364 e. The van der Waals surface area contributed by atoms with Gasteiger partial charge in [-0.3, -0.25) is 4.79 Å². The predicted octanol–water partition coefficient (Wildman–Crippen LogP) is 2.81. The minimum atomic E-state index is -4.45. The Morgan fingerprint density at radius 2 is 2.04 bits per heavy atom. The van der Waals surface area contributed by atoms with Crippen molar-refractivity contribution in [3.63, 3.8) is 0 Å². The Hall–Kier alpha value is -1.31. The lowest BCUT2D eigenvalue weighted by molar-refractivity contribution is -0.139. The molecule has 1 amide bonds. The summed E-state index contributed by atoms with van der Waals surface area (Å²) in [6.07, 6.45) is -4.05. The van der Waals surface area contributed by atoms with Gasteiger partial charge in [-0.05, 0) is 31.4 Å². The summed E-state index contributed by atoms with van der Waals surface area (Å²) >= 11 is 0. The highest BCUT2D eigenvalue weighted by Crippen LogP contribution is 2.34. The van der Waals surface area contributed by atoms with Gasteiger partial charge in [-0.25, -0.2) is 0 Å². The van der Waals surface area contributed by atoms with Gasteiger partial charge in [0.2, 0.25) is 5.91 Å². The van der Waals surface area contributed by atoms with Gasteiger partial charge in [-0.15, -0.1) is 12.4 Å². The first-order chi connectivity index (χ1) is 10.3. The van der Waals surface area contributed by atoms with Crippen LogP contribution in [0.3, 0.4) is 0 Å². The van der Waals surface area contributed by atoms with Crippen LogP contribution in [0.15, 0.2) is 24.3 Å². The fourth-order valence-corrected chi connectivity index (χ4v) is 2.59. The van der Waals surface area contributed by atoms with Crippen LogP contribution in [0.1, 0.15) is 36.9 Å². The van der Waals surface area contributed by atoms with Gasteiger partial charge in [0.25, 0.3) is 0 Å². The standard InChI is InChI=1S/C15H19F3N2O2.ClH/c1-9(11-4-2-3-5-12(11)15(16,17)18)20-14(21)13-7-6-10(8-19)22-13;/h2-5,9-10,13H,6-8,19H2,1H3,(H,20,21);1H/t9?,10-,13+;/m1./s1. The molecule has 0 aliphatic carbocycles. The Balaban J connectivity index is 0.00000264. The Morgan fingerprint density at radius 3 is 2.61 bits per heavy atom. The summed E-state index contributed by atoms with van der Waals surface area (Å²) in [4.78, 5) is 12.1. The number of ether oxygens (including phenoxy) is 1. The number of hydrogen-bond donors (Lipinski definition) is 2. The first kappa shape index (κ1) is 19.7. The normalized spacial score (nSPS) is 22.3. The van der Waals surface area contributed by atoms with E-state index in [-0.39, 0.29) is 24.1 Å². The molecule has 0 bridgehead atoms. The molecule has 0 aromatic heterocycles. The maximum Gasteiger partial charge on any atom is 0.416 e. The minimum absolute atomic E-state index is 0. The van der Waals surface area contributed by atoms with Crippen LogP contribution in [0.4, 0.5) is 13.2 Å². The lowest BCUT2D eigenvalue weighted by Gasteiger charge is -2.21. The summed E-state index contributed by atoms with van der Waals surface area (Å²) in [5, 5.41) is 2.59. The van der Waals surface area contributed by atoms with Gasteiger partial charge in [-0.1, -0.05) is 18.2 Å². The second-order valence-corrected chi connectivity index (χ2v) is 5.38. The number of rotatable bonds is 4. The fourth-order valence-electron chi connectivity index (χ4n) is 2.59. The van der Waals surface area contributed by atoms with Crippen LogP contribution in [0, 0.1) is 0 Å². The molecule has 1 unspecified atom stereocenters. The lowest BCUT2D eigenvalue weighted by Crippen LogP contribution is -2.37. The predicted molar refractivity (Wildman–Crippen MR) is 82.2 cm³/mol. The molecule has 1 aliphatic heterocycles. The molecule has 130 valence electrons. The van der Waals surface area contributed by atoms with Crippen molar-refractivity contribution in [1.29, 1.82) is 0 Å². The first-order valence-corrected chi connectivity index (χ1v) is 7.15. The number of nitrogens with two attached hydrogens (primary N) is 1. The van der Waals surface area contributed by atoms with E-state index in [4.69, 9.17) is 10.5 Å². The number of alkyl halides is 3. The van der Waals surface area contributed by atoms with Crippen LogP contribution < -0.4 is 11.1 Å². The molecule has 1 saturated heterocycles. The zero-order chi connectivity index (χ0) is 16.3. The largest absolute Gasteiger partial charge is 0.416 e. The summed E-state index contributed by atoms with van der Waals surface area (Å²) in [6.45, 7) is 1.86. The fraction of sp³-hybridized carbons (Fsp3) is 0.533. The zero-order valence-corrected chi connectivity index (χ0v) is 13.4. The molecular weight excluding hydrogens is 333 g/mol. The van der Waals surface area contributed by atoms with E-state index in [2.05, 4.69) is 5.32 Å². The van der Waals surface area contributed by atoms with Gasteiger partial charge in [0.1, 0.15) is 6.10 Å². The van der Waals surface area contributed by atoms with Gasteiger partial charge in [-0.2, -0.15) is 13.2 Å². The van der Waals surface area contributed by atoms with Crippen LogP contribution >= 0.6 is 12.4 Å². The third-order valence-corrected chi connectivity index (χ3v) is 3.75. The molecule has 0 spiro atoms. The zero-order valence-electron chi connectivity index (χ0n) is 12.6. The van der Waals surface area contributed by atoms with E-state index in [9.17, 15) is 18.0 Å². The van der Waals surface area contributed by atoms with Crippen molar-refractivity contribution >= 4 is 18.3 Å². The van der Waals surface area contributed by atoms with E-state index in [1.165, 1.54) is 25.1 Å². The van der Waals surface area contributed by atoms with Crippen molar-refractivity contribution in [3.05, 3.63) is 35.4 Å². The van der Waals surface area contributed by atoms with Crippen LogP contribution in [0.2, 0.25) is 0 Å². The highest BCUT2D eigenvalue weighted by Gasteiger charge is 2.35. The summed E-state index contributed by atoms with van der Waals surface area (Å²) in [5.41, 5.74) is 4.77. The molecule has 3 atom stereocenters. The Morgan fingerprint density at radius 1 is 1.39 bits per heavy atom. The second-order valence-electron chi connectivity index (χ2n) is 5.38. The van der Waals surface area contributed by atoms with Crippen molar-refractivity contribution in [3.8, 4) is 0 Å². The van der Waals surface area contributed by atoms with Gasteiger partial charge in [0, 0.05) is 6.54 Å². The summed E-state index contributed by atoms with van der Waals surface area (Å²) < 4.78 is 44.4. The van der Waals surface area contributed by atoms with Crippen LogP contribution in [0.5, 0.6) is 0 Å². The molecule has 0 radical (unpaired) electrons. The van der Waals surface area contributed by atoms with Gasteiger partial charge >= 0.3 is 6.18 Å². The quantitative estimate of drug-likeness (QED) is 0.875. The number of benzene rings is 1. The Kier molecular flexibility index (Phi) is 6.85. The molecule has 3 N–H and O–H groups in total. The highest BCUT2D eigenvalue weighted by molar-refractivity contribution is 5.85. The average Bonchev–Trinajstić information content (AvgIpc) is 2.95. The summed E-state index contributed by atoms with van der Waals surface area (Å²) in [5.74, 6) is -0.402. The van der Waals surface area contributed by atoms with E-state index in [0.717, 1.165) is 6.07 Å². The monoisotopic (exact) mass is 352 g/mol. The van der Waals surface area contributed by atoms with E-state index in [1.54, 1.807) is 0 Å². The van der Waals surface area contributed by atoms with Crippen LogP contribution in [0.25, 0.3) is 0 Å². The Bertz CT molecular complexity index is 540. The molecular formula is C15H20ClF3N2O2. The number of carbonyl (C=O) groups excluding carboxylic acids is 1. The van der Waals surface area contributed by atoms with Crippen molar-refractivity contribution in [2.24, 2.45) is 5.73 Å². The molecule has 1 aliphatic rings. The maximum atomic E-state index is 13.0. The summed E-state index contributed by atoms with van der Waals surface area (Å²) in [7, 11) is 0. The Labute approximate surface area is 139 Å². The molecule has 1 aromatic carbocycles. The van der Waals surface area contributed by atoms with Gasteiger partial charge in [0.15, 0.2) is 0 Å². The molecule has 2 rings (SSSR count). The van der Waals surface area contributed by atoms with E-state index < -0.39 is 29.8 Å². The van der Waals surface area contributed by atoms with Gasteiger partial charge in [0.05, 0.1) is 17.7 Å². The molecule has 0 saturated carbocycles. The second kappa shape index (κ2) is 7.99. The number of hydrogen-bond acceptors (Lipinski definition) is 3.